The van der Waals surface area contributed by atoms with Crippen molar-refractivity contribution in [3.05, 3.63) is 11.8 Å². The van der Waals surface area contributed by atoms with Crippen LogP contribution in [0.3, 0.4) is 0 Å². The highest BCUT2D eigenvalue weighted by Crippen LogP contribution is 2.18. The monoisotopic (exact) mass is 355 g/mol. The van der Waals surface area contributed by atoms with Crippen molar-refractivity contribution in [3.8, 4) is 5.88 Å². The molecule has 0 spiro atoms. The third-order valence-corrected chi connectivity index (χ3v) is 4.34. The number of carbonyl (C=O) groups is 1. The Kier molecular flexibility index (Phi) is 6.62. The lowest BCUT2D eigenvalue weighted by Gasteiger charge is -2.36. The van der Waals surface area contributed by atoms with Gasteiger partial charge in [0.05, 0.1) is 12.6 Å². The zero-order valence-electron chi connectivity index (χ0n) is 14.3. The second-order valence-electron chi connectivity index (χ2n) is 6.04. The molecule has 0 radical (unpaired) electrons. The van der Waals surface area contributed by atoms with Crippen molar-refractivity contribution in [2.75, 3.05) is 44.2 Å². The number of aromatic nitrogens is 2. The molecule has 0 bridgehead atoms. The van der Waals surface area contributed by atoms with Crippen molar-refractivity contribution in [1.29, 1.82) is 0 Å². The van der Waals surface area contributed by atoms with E-state index >= 15 is 0 Å². The molecule has 1 aromatic heterocycles. The maximum Gasteiger partial charge on any atom is 0.239 e. The van der Waals surface area contributed by atoms with Crippen molar-refractivity contribution in [2.45, 2.75) is 32.7 Å². The first-order valence-electron chi connectivity index (χ1n) is 8.43. The highest BCUT2D eigenvalue weighted by Gasteiger charge is 2.29. The molecule has 3 heterocycles. The van der Waals surface area contributed by atoms with Crippen LogP contribution in [-0.4, -0.2) is 66.1 Å². The van der Waals surface area contributed by atoms with E-state index in [1.54, 1.807) is 0 Å². The largest absolute Gasteiger partial charge is 0.478 e. The number of ether oxygens (including phenoxy) is 1. The lowest BCUT2D eigenvalue weighted by Crippen LogP contribution is -2.53. The van der Waals surface area contributed by atoms with E-state index in [0.29, 0.717) is 18.4 Å². The zero-order valence-corrected chi connectivity index (χ0v) is 15.1. The summed E-state index contributed by atoms with van der Waals surface area (Å²) in [6.07, 6.45) is 2.05. The van der Waals surface area contributed by atoms with Gasteiger partial charge in [-0.25, -0.2) is 4.98 Å². The van der Waals surface area contributed by atoms with Gasteiger partial charge in [-0.15, -0.1) is 12.4 Å². The lowest BCUT2D eigenvalue weighted by molar-refractivity contribution is -0.133. The quantitative estimate of drug-likeness (QED) is 0.869. The summed E-state index contributed by atoms with van der Waals surface area (Å²) >= 11 is 0. The Balaban J connectivity index is 0.00000208. The molecule has 0 aliphatic carbocycles. The molecule has 8 heteroatoms. The Morgan fingerprint density at radius 1 is 1.33 bits per heavy atom. The average molecular weight is 356 g/mol. The summed E-state index contributed by atoms with van der Waals surface area (Å²) in [5.74, 6) is 1.55. The summed E-state index contributed by atoms with van der Waals surface area (Å²) in [4.78, 5) is 25.5. The molecule has 7 nitrogen and oxygen atoms in total. The Labute approximate surface area is 149 Å². The Bertz CT molecular complexity index is 557. The number of anilines is 1. The molecule has 1 aromatic rings. The summed E-state index contributed by atoms with van der Waals surface area (Å²) in [5.41, 5.74) is 0.895. The molecule has 2 aliphatic heterocycles. The van der Waals surface area contributed by atoms with E-state index in [9.17, 15) is 4.79 Å². The van der Waals surface area contributed by atoms with Gasteiger partial charge >= 0.3 is 0 Å². The van der Waals surface area contributed by atoms with Crippen LogP contribution in [0.2, 0.25) is 0 Å². The third kappa shape index (κ3) is 4.27. The molecule has 1 unspecified atom stereocenters. The fourth-order valence-electron chi connectivity index (χ4n) is 3.13. The second kappa shape index (κ2) is 8.48. The van der Waals surface area contributed by atoms with Crippen LogP contribution >= 0.6 is 12.4 Å². The molecule has 1 amide bonds. The average Bonchev–Trinajstić information content (AvgIpc) is 3.08. The van der Waals surface area contributed by atoms with Crippen molar-refractivity contribution in [1.82, 2.24) is 20.2 Å². The van der Waals surface area contributed by atoms with E-state index < -0.39 is 0 Å². The molecule has 24 heavy (non-hydrogen) atoms. The minimum Gasteiger partial charge on any atom is -0.478 e. The molecule has 1 atom stereocenters. The number of hydrogen-bond acceptors (Lipinski definition) is 6. The maximum atomic E-state index is 12.4. The minimum atomic E-state index is 0. The first kappa shape index (κ1) is 18.7. The summed E-state index contributed by atoms with van der Waals surface area (Å²) < 4.78 is 5.49. The topological polar surface area (TPSA) is 70.6 Å². The normalized spacial score (nSPS) is 20.7. The van der Waals surface area contributed by atoms with Crippen LogP contribution in [0.25, 0.3) is 0 Å². The molecule has 0 aromatic carbocycles. The van der Waals surface area contributed by atoms with Crippen molar-refractivity contribution < 1.29 is 9.53 Å². The van der Waals surface area contributed by atoms with Crippen LogP contribution in [0.5, 0.6) is 5.88 Å². The number of halogens is 1. The molecule has 2 fully saturated rings. The standard InChI is InChI=1S/C16H25N5O2.ClH/c1-3-23-14-11-12(2)18-16(19-14)21-9-7-20(8-10-21)15(22)13-5-4-6-17-13;/h11,13,17H,3-10H2,1-2H3;1H. The Hall–Kier alpha value is -1.60. The SMILES string of the molecule is CCOc1cc(C)nc(N2CCN(C(=O)C3CCCN3)CC2)n1.Cl. The van der Waals surface area contributed by atoms with Gasteiger partial charge in [0.2, 0.25) is 17.7 Å². The van der Waals surface area contributed by atoms with E-state index in [1.807, 2.05) is 24.8 Å². The van der Waals surface area contributed by atoms with Crippen LogP contribution in [0, 0.1) is 6.92 Å². The fraction of sp³-hybridized carbons (Fsp3) is 0.688. The van der Waals surface area contributed by atoms with Gasteiger partial charge in [-0.05, 0) is 33.2 Å². The number of piperazine rings is 1. The summed E-state index contributed by atoms with van der Waals surface area (Å²) in [7, 11) is 0. The smallest absolute Gasteiger partial charge is 0.239 e. The van der Waals surface area contributed by atoms with Crippen molar-refractivity contribution >= 4 is 24.3 Å². The molecule has 1 N–H and O–H groups in total. The van der Waals surface area contributed by atoms with Gasteiger partial charge in [0.25, 0.3) is 0 Å². The Morgan fingerprint density at radius 3 is 2.71 bits per heavy atom. The molecule has 3 rings (SSSR count). The van der Waals surface area contributed by atoms with E-state index in [0.717, 1.165) is 51.3 Å². The van der Waals surface area contributed by atoms with Crippen LogP contribution in [0.1, 0.15) is 25.5 Å². The molecular weight excluding hydrogens is 330 g/mol. The molecule has 134 valence electrons. The van der Waals surface area contributed by atoms with Crippen molar-refractivity contribution in [2.24, 2.45) is 0 Å². The van der Waals surface area contributed by atoms with E-state index in [2.05, 4.69) is 20.2 Å². The number of hydrogen-bond donors (Lipinski definition) is 1. The van der Waals surface area contributed by atoms with Gasteiger partial charge in [-0.2, -0.15) is 4.98 Å². The van der Waals surface area contributed by atoms with Gasteiger partial charge in [-0.1, -0.05) is 0 Å². The van der Waals surface area contributed by atoms with E-state index in [4.69, 9.17) is 4.74 Å². The molecule has 0 saturated carbocycles. The fourth-order valence-corrected chi connectivity index (χ4v) is 3.13. The Morgan fingerprint density at radius 2 is 2.08 bits per heavy atom. The highest BCUT2D eigenvalue weighted by atomic mass is 35.5. The molecule has 2 aliphatic rings. The zero-order chi connectivity index (χ0) is 16.2. The van der Waals surface area contributed by atoms with Gasteiger partial charge in [0.15, 0.2) is 0 Å². The summed E-state index contributed by atoms with van der Waals surface area (Å²) in [6.45, 7) is 8.38. The van der Waals surface area contributed by atoms with Crippen molar-refractivity contribution in [3.63, 3.8) is 0 Å². The number of aryl methyl sites for hydroxylation is 1. The number of amides is 1. The predicted molar refractivity (Wildman–Crippen MR) is 95.0 cm³/mol. The lowest BCUT2D eigenvalue weighted by atomic mass is 10.2. The maximum absolute atomic E-state index is 12.4. The molecular formula is C16H26ClN5O2. The van der Waals surface area contributed by atoms with Crippen LogP contribution in [-0.2, 0) is 4.79 Å². The predicted octanol–water partition coefficient (Wildman–Crippen LogP) is 1.01. The van der Waals surface area contributed by atoms with Gasteiger partial charge < -0.3 is 19.9 Å². The number of nitrogens with zero attached hydrogens (tertiary/aromatic N) is 4. The first-order valence-corrected chi connectivity index (χ1v) is 8.43. The second-order valence-corrected chi connectivity index (χ2v) is 6.04. The van der Waals surface area contributed by atoms with Gasteiger partial charge in [0.1, 0.15) is 0 Å². The number of rotatable bonds is 4. The van der Waals surface area contributed by atoms with Crippen LogP contribution in [0.4, 0.5) is 5.95 Å². The van der Waals surface area contributed by atoms with Crippen LogP contribution in [0.15, 0.2) is 6.07 Å². The first-order chi connectivity index (χ1) is 11.2. The van der Waals surface area contributed by atoms with E-state index in [1.165, 1.54) is 0 Å². The summed E-state index contributed by atoms with van der Waals surface area (Å²) in [6, 6.07) is 1.86. The minimum absolute atomic E-state index is 0. The number of nitrogens with one attached hydrogen (secondary N) is 1. The van der Waals surface area contributed by atoms with Gasteiger partial charge in [0, 0.05) is 37.9 Å². The molecule has 2 saturated heterocycles. The number of carbonyl (C=O) groups excluding carboxylic acids is 1. The van der Waals surface area contributed by atoms with Gasteiger partial charge in [-0.3, -0.25) is 4.79 Å². The van der Waals surface area contributed by atoms with E-state index in [-0.39, 0.29) is 24.4 Å². The summed E-state index contributed by atoms with van der Waals surface area (Å²) in [5, 5.41) is 3.28. The highest BCUT2D eigenvalue weighted by molar-refractivity contribution is 5.85. The third-order valence-electron chi connectivity index (χ3n) is 4.34. The van der Waals surface area contributed by atoms with Crippen LogP contribution < -0.4 is 15.0 Å².